The van der Waals surface area contributed by atoms with Crippen molar-refractivity contribution in [3.8, 4) is 0 Å². The van der Waals surface area contributed by atoms with Crippen molar-refractivity contribution < 1.29 is 24.9 Å². The molecule has 2 aliphatic carbocycles. The Morgan fingerprint density at radius 1 is 1.21 bits per heavy atom. The number of nitrogens with two attached hydrogens (primary N) is 2. The Bertz CT molecular complexity index is 1110. The molecule has 216 valence electrons. The van der Waals surface area contributed by atoms with Crippen LogP contribution in [0.15, 0.2) is 12.7 Å². The molecule has 2 aromatic rings. The molecule has 1 aliphatic heterocycles. The highest BCUT2D eigenvalue weighted by Crippen LogP contribution is 2.34. The number of carboxylic acids is 1. The Labute approximate surface area is 227 Å². The maximum Gasteiger partial charge on any atom is 0.320 e. The van der Waals surface area contributed by atoms with Crippen molar-refractivity contribution >= 4 is 23.0 Å². The summed E-state index contributed by atoms with van der Waals surface area (Å²) in [4.78, 5) is 25.9. The Morgan fingerprint density at radius 3 is 2.72 bits per heavy atom. The summed E-state index contributed by atoms with van der Waals surface area (Å²) >= 11 is 0. The van der Waals surface area contributed by atoms with Gasteiger partial charge < -0.3 is 36.8 Å². The summed E-state index contributed by atoms with van der Waals surface area (Å²) in [5.74, 6) is 0.0826. The van der Waals surface area contributed by atoms with Crippen LogP contribution in [-0.4, -0.2) is 102 Å². The lowest BCUT2D eigenvalue weighted by Gasteiger charge is -2.44. The van der Waals surface area contributed by atoms with Gasteiger partial charge in [0, 0.05) is 25.2 Å². The SMILES string of the molecule is Nc1ncnc2c1ncn2[C@@H]1O[C@H](CN(CC[C@H](N)C(=O)O)C2CC(NCCCC3CCCC3)C2)[C@@H](O)[C@H]1O. The van der Waals surface area contributed by atoms with Gasteiger partial charge >= 0.3 is 5.97 Å². The van der Waals surface area contributed by atoms with Crippen molar-refractivity contribution in [3.05, 3.63) is 12.7 Å². The average molecular weight is 547 g/mol. The van der Waals surface area contributed by atoms with Gasteiger partial charge in [-0.2, -0.15) is 0 Å². The Morgan fingerprint density at radius 2 is 1.97 bits per heavy atom. The number of rotatable bonds is 13. The smallest absolute Gasteiger partial charge is 0.320 e. The number of nitrogens with zero attached hydrogens (tertiary/aromatic N) is 5. The van der Waals surface area contributed by atoms with Crippen LogP contribution < -0.4 is 16.8 Å². The van der Waals surface area contributed by atoms with Crippen LogP contribution in [0.3, 0.4) is 0 Å². The third-order valence-electron chi connectivity index (χ3n) is 8.78. The van der Waals surface area contributed by atoms with Gasteiger partial charge in [0.1, 0.15) is 36.2 Å². The molecule has 0 radical (unpaired) electrons. The van der Waals surface area contributed by atoms with E-state index in [2.05, 4.69) is 25.2 Å². The number of aliphatic hydroxyl groups is 2. The van der Waals surface area contributed by atoms with E-state index in [4.69, 9.17) is 16.2 Å². The van der Waals surface area contributed by atoms with Crippen molar-refractivity contribution in [2.75, 3.05) is 25.4 Å². The molecule has 13 heteroatoms. The number of hydrogen-bond acceptors (Lipinski definition) is 11. The second-order valence-electron chi connectivity index (χ2n) is 11.4. The Kier molecular flexibility index (Phi) is 8.94. The number of nitrogens with one attached hydrogen (secondary N) is 1. The number of aliphatic carboxylic acids is 1. The van der Waals surface area contributed by atoms with Gasteiger partial charge in [0.05, 0.1) is 6.33 Å². The number of nitrogen functional groups attached to an aromatic ring is 1. The molecule has 0 unspecified atom stereocenters. The first-order valence-corrected chi connectivity index (χ1v) is 14.2. The predicted molar refractivity (Wildman–Crippen MR) is 143 cm³/mol. The molecule has 3 fully saturated rings. The van der Waals surface area contributed by atoms with Crippen molar-refractivity contribution in [1.29, 1.82) is 0 Å². The molecule has 3 aliphatic rings. The van der Waals surface area contributed by atoms with E-state index in [0.717, 1.165) is 25.3 Å². The molecule has 39 heavy (non-hydrogen) atoms. The van der Waals surface area contributed by atoms with Gasteiger partial charge in [-0.15, -0.1) is 0 Å². The number of imidazole rings is 1. The number of ether oxygens (including phenoxy) is 1. The average Bonchev–Trinajstić information content (AvgIpc) is 3.62. The van der Waals surface area contributed by atoms with Crippen LogP contribution in [-0.2, 0) is 9.53 Å². The summed E-state index contributed by atoms with van der Waals surface area (Å²) in [6.07, 6.45) is 8.99. The lowest BCUT2D eigenvalue weighted by molar-refractivity contribution is -0.138. The maximum absolute atomic E-state index is 11.3. The maximum atomic E-state index is 11.3. The van der Waals surface area contributed by atoms with Crippen LogP contribution in [0.2, 0.25) is 0 Å². The number of aromatic nitrogens is 4. The van der Waals surface area contributed by atoms with Gasteiger partial charge in [0.2, 0.25) is 0 Å². The van der Waals surface area contributed by atoms with E-state index < -0.39 is 36.6 Å². The van der Waals surface area contributed by atoms with E-state index >= 15 is 0 Å². The van der Waals surface area contributed by atoms with Gasteiger partial charge in [-0.05, 0) is 44.6 Å². The number of anilines is 1. The number of fused-ring (bicyclic) bond motifs is 1. The fourth-order valence-electron chi connectivity index (χ4n) is 6.30. The van der Waals surface area contributed by atoms with Crippen molar-refractivity contribution in [3.63, 3.8) is 0 Å². The fourth-order valence-corrected chi connectivity index (χ4v) is 6.30. The molecule has 0 amide bonds. The van der Waals surface area contributed by atoms with Gasteiger partial charge in [0.25, 0.3) is 0 Å². The summed E-state index contributed by atoms with van der Waals surface area (Å²) in [7, 11) is 0. The fraction of sp³-hybridized carbons (Fsp3) is 0.769. The molecule has 13 nitrogen and oxygen atoms in total. The largest absolute Gasteiger partial charge is 0.480 e. The highest BCUT2D eigenvalue weighted by atomic mass is 16.6. The van der Waals surface area contributed by atoms with E-state index in [-0.39, 0.29) is 18.3 Å². The van der Waals surface area contributed by atoms with E-state index in [1.54, 1.807) is 4.57 Å². The van der Waals surface area contributed by atoms with E-state index in [9.17, 15) is 20.1 Å². The van der Waals surface area contributed by atoms with Gasteiger partial charge in [0.15, 0.2) is 17.7 Å². The normalized spacial score (nSPS) is 30.3. The van der Waals surface area contributed by atoms with Crippen LogP contribution in [0.25, 0.3) is 11.2 Å². The summed E-state index contributed by atoms with van der Waals surface area (Å²) in [6.45, 7) is 1.81. The van der Waals surface area contributed by atoms with Crippen molar-refractivity contribution in [2.24, 2.45) is 11.7 Å². The molecule has 1 saturated heterocycles. The number of carbonyl (C=O) groups is 1. The predicted octanol–water partition coefficient (Wildman–Crippen LogP) is 0.223. The molecule has 2 saturated carbocycles. The van der Waals surface area contributed by atoms with E-state index in [1.165, 1.54) is 51.2 Å². The lowest BCUT2D eigenvalue weighted by Crippen LogP contribution is -2.56. The third-order valence-corrected chi connectivity index (χ3v) is 8.78. The van der Waals surface area contributed by atoms with Crippen molar-refractivity contribution in [1.82, 2.24) is 29.7 Å². The summed E-state index contributed by atoms with van der Waals surface area (Å²) in [6, 6.07) is -0.330. The molecule has 0 aromatic carbocycles. The third kappa shape index (κ3) is 6.34. The van der Waals surface area contributed by atoms with Crippen LogP contribution >= 0.6 is 0 Å². The minimum Gasteiger partial charge on any atom is -0.480 e. The number of hydrogen-bond donors (Lipinski definition) is 6. The molecule has 8 N–H and O–H groups in total. The first kappa shape index (κ1) is 28.1. The Balaban J connectivity index is 1.18. The molecule has 0 bridgehead atoms. The molecule has 3 heterocycles. The van der Waals surface area contributed by atoms with Crippen LogP contribution in [0.5, 0.6) is 0 Å². The van der Waals surface area contributed by atoms with Crippen LogP contribution in [0.4, 0.5) is 5.82 Å². The van der Waals surface area contributed by atoms with Crippen LogP contribution in [0.1, 0.15) is 64.0 Å². The zero-order valence-corrected chi connectivity index (χ0v) is 22.3. The van der Waals surface area contributed by atoms with E-state index in [0.29, 0.717) is 30.3 Å². The monoisotopic (exact) mass is 546 g/mol. The summed E-state index contributed by atoms with van der Waals surface area (Å²) in [5.41, 5.74) is 12.5. The molecule has 0 spiro atoms. The quantitative estimate of drug-likeness (QED) is 0.187. The van der Waals surface area contributed by atoms with Gasteiger partial charge in [-0.25, -0.2) is 15.0 Å². The molecule has 5 rings (SSSR count). The number of aliphatic hydroxyl groups excluding tert-OH is 2. The minimum absolute atomic E-state index is 0.215. The van der Waals surface area contributed by atoms with Gasteiger partial charge in [-0.1, -0.05) is 25.7 Å². The molecule has 2 aromatic heterocycles. The minimum atomic E-state index is -1.21. The molecule has 5 atom stereocenters. The van der Waals surface area contributed by atoms with E-state index in [1.807, 2.05) is 0 Å². The molecular formula is C26H42N8O5. The van der Waals surface area contributed by atoms with Crippen molar-refractivity contribution in [2.45, 2.75) is 100 Å². The summed E-state index contributed by atoms with van der Waals surface area (Å²) in [5, 5.41) is 34.7. The zero-order chi connectivity index (χ0) is 27.5. The standard InChI is InChI=1S/C26H42N8O5/c27-18(26(37)38)7-9-33(17-10-16(11-17)29-8-3-6-15-4-1-2-5-15)12-19-21(35)22(36)25(39-19)34-14-32-20-23(28)30-13-31-24(20)34/h13-19,21-22,25,29,35-36H,1-12,27H2,(H,37,38)(H2,28,30,31)/t16?,17?,18-,19+,21+,22+,25+/m0/s1. The van der Waals surface area contributed by atoms with Crippen LogP contribution in [0, 0.1) is 5.92 Å². The number of carboxylic acid groups (broad SMARTS) is 1. The first-order valence-electron chi connectivity index (χ1n) is 14.2. The Hall–Kier alpha value is -2.42. The molecular weight excluding hydrogens is 504 g/mol. The topological polar surface area (TPSA) is 198 Å². The zero-order valence-electron chi connectivity index (χ0n) is 22.3. The van der Waals surface area contributed by atoms with Gasteiger partial charge in [-0.3, -0.25) is 14.3 Å². The first-order chi connectivity index (χ1) is 18.8. The highest BCUT2D eigenvalue weighted by Gasteiger charge is 2.46. The lowest BCUT2D eigenvalue weighted by atomic mass is 9.84. The second kappa shape index (κ2) is 12.4. The summed E-state index contributed by atoms with van der Waals surface area (Å²) < 4.78 is 7.71. The highest BCUT2D eigenvalue weighted by molar-refractivity contribution is 5.81. The second-order valence-corrected chi connectivity index (χ2v) is 11.4.